The van der Waals surface area contributed by atoms with Crippen LogP contribution in [0.5, 0.6) is 0 Å². The van der Waals surface area contributed by atoms with E-state index in [1.165, 1.54) is 0 Å². The van der Waals surface area contributed by atoms with E-state index >= 15 is 0 Å². The van der Waals surface area contributed by atoms with Crippen molar-refractivity contribution in [2.75, 3.05) is 0 Å². The van der Waals surface area contributed by atoms with Crippen molar-refractivity contribution in [2.45, 2.75) is 13.8 Å². The molecule has 0 spiro atoms. The molecule has 0 saturated heterocycles. The molecule has 0 bridgehead atoms. The number of halogens is 1. The Kier molecular flexibility index (Phi) is 3.40. The molecular weight excluding hydrogens is 268 g/mol. The maximum Gasteiger partial charge on any atom is 0.300 e. The van der Waals surface area contributed by atoms with Gasteiger partial charge in [0.1, 0.15) is 5.56 Å². The van der Waals surface area contributed by atoms with Gasteiger partial charge in [-0.05, 0) is 26.0 Å². The third kappa shape index (κ3) is 2.02. The Labute approximate surface area is 114 Å². The van der Waals surface area contributed by atoms with Crippen LogP contribution in [0.1, 0.15) is 21.7 Å². The van der Waals surface area contributed by atoms with E-state index in [0.717, 1.165) is 0 Å². The lowest BCUT2D eigenvalue weighted by Crippen LogP contribution is -2.00. The zero-order valence-electron chi connectivity index (χ0n) is 10.4. The molecule has 0 amide bonds. The van der Waals surface area contributed by atoms with E-state index in [1.54, 1.807) is 42.7 Å². The van der Waals surface area contributed by atoms with E-state index in [9.17, 15) is 14.9 Å². The number of nitrogens with zero attached hydrogens (tertiary/aromatic N) is 2. The highest BCUT2D eigenvalue weighted by Crippen LogP contribution is 2.33. The number of aromatic nitrogens is 1. The molecule has 5 nitrogen and oxygen atoms in total. The predicted octanol–water partition coefficient (Wildman–Crippen LogP) is 3.47. The molecule has 2 rings (SSSR count). The third-order valence-corrected chi connectivity index (χ3v) is 3.37. The highest BCUT2D eigenvalue weighted by molar-refractivity contribution is 6.32. The number of benzene rings is 1. The molecule has 2 aromatic rings. The molecule has 0 aliphatic carbocycles. The van der Waals surface area contributed by atoms with E-state index < -0.39 is 4.92 Å². The SMILES string of the molecule is Cc1c(C=O)c([N+](=O)[O-])c(C)n1-c1ccccc1Cl. The Hall–Kier alpha value is -2.14. The van der Waals surface area contributed by atoms with Crippen LogP contribution in [-0.4, -0.2) is 15.8 Å². The second-order valence-corrected chi connectivity index (χ2v) is 4.50. The van der Waals surface area contributed by atoms with Crippen molar-refractivity contribution in [1.82, 2.24) is 4.57 Å². The molecule has 98 valence electrons. The van der Waals surface area contributed by atoms with Crippen LogP contribution in [0.3, 0.4) is 0 Å². The Balaban J connectivity index is 2.83. The smallest absolute Gasteiger partial charge is 0.300 e. The number of carbonyl (C=O) groups excluding carboxylic acids is 1. The fourth-order valence-corrected chi connectivity index (χ4v) is 2.43. The monoisotopic (exact) mass is 278 g/mol. The normalized spacial score (nSPS) is 10.5. The first-order valence-electron chi connectivity index (χ1n) is 5.55. The first-order chi connectivity index (χ1) is 8.99. The van der Waals surface area contributed by atoms with Crippen LogP contribution in [-0.2, 0) is 0 Å². The van der Waals surface area contributed by atoms with Gasteiger partial charge in [0.25, 0.3) is 0 Å². The van der Waals surface area contributed by atoms with Crippen LogP contribution >= 0.6 is 11.6 Å². The van der Waals surface area contributed by atoms with E-state index in [4.69, 9.17) is 11.6 Å². The second-order valence-electron chi connectivity index (χ2n) is 4.09. The average Bonchev–Trinajstić information content (AvgIpc) is 2.61. The molecule has 0 saturated carbocycles. The van der Waals surface area contributed by atoms with Gasteiger partial charge < -0.3 is 4.57 Å². The van der Waals surface area contributed by atoms with Gasteiger partial charge in [0.15, 0.2) is 6.29 Å². The van der Waals surface area contributed by atoms with E-state index in [0.29, 0.717) is 28.4 Å². The molecule has 0 atom stereocenters. The van der Waals surface area contributed by atoms with Crippen LogP contribution < -0.4 is 0 Å². The second kappa shape index (κ2) is 4.85. The molecular formula is C13H11ClN2O3. The number of hydrogen-bond donors (Lipinski definition) is 0. The van der Waals surface area contributed by atoms with Gasteiger partial charge in [-0.3, -0.25) is 14.9 Å². The zero-order valence-corrected chi connectivity index (χ0v) is 11.1. The molecule has 0 aliphatic heterocycles. The summed E-state index contributed by atoms with van der Waals surface area (Å²) in [6.45, 7) is 3.26. The molecule has 6 heteroatoms. The van der Waals surface area contributed by atoms with E-state index in [1.807, 2.05) is 0 Å². The molecule has 1 heterocycles. The fraction of sp³-hybridized carbons (Fsp3) is 0.154. The van der Waals surface area contributed by atoms with Crippen molar-refractivity contribution in [2.24, 2.45) is 0 Å². The lowest BCUT2D eigenvalue weighted by Gasteiger charge is -2.10. The summed E-state index contributed by atoms with van der Waals surface area (Å²) in [7, 11) is 0. The van der Waals surface area contributed by atoms with Gasteiger partial charge in [0.05, 0.1) is 21.3 Å². The minimum atomic E-state index is -0.542. The van der Waals surface area contributed by atoms with E-state index in [2.05, 4.69) is 0 Å². The fourth-order valence-electron chi connectivity index (χ4n) is 2.21. The molecule has 0 fully saturated rings. The lowest BCUT2D eigenvalue weighted by atomic mass is 10.2. The van der Waals surface area contributed by atoms with Crippen LogP contribution in [0.25, 0.3) is 5.69 Å². The topological polar surface area (TPSA) is 65.1 Å². The van der Waals surface area contributed by atoms with Gasteiger partial charge in [-0.15, -0.1) is 0 Å². The van der Waals surface area contributed by atoms with Gasteiger partial charge in [0, 0.05) is 5.69 Å². The van der Waals surface area contributed by atoms with Crippen LogP contribution in [0.2, 0.25) is 5.02 Å². The van der Waals surface area contributed by atoms with Crippen LogP contribution in [0.15, 0.2) is 24.3 Å². The molecule has 0 radical (unpaired) electrons. The summed E-state index contributed by atoms with van der Waals surface area (Å²) in [5, 5.41) is 11.6. The third-order valence-electron chi connectivity index (χ3n) is 3.05. The van der Waals surface area contributed by atoms with Gasteiger partial charge >= 0.3 is 5.69 Å². The summed E-state index contributed by atoms with van der Waals surface area (Å²) in [6.07, 6.45) is 0.508. The summed E-state index contributed by atoms with van der Waals surface area (Å²) < 4.78 is 1.63. The molecule has 0 unspecified atom stereocenters. The Bertz CT molecular complexity index is 677. The summed E-state index contributed by atoms with van der Waals surface area (Å²) in [6, 6.07) is 7.00. The highest BCUT2D eigenvalue weighted by atomic mass is 35.5. The zero-order chi connectivity index (χ0) is 14.2. The number of para-hydroxylation sites is 1. The highest BCUT2D eigenvalue weighted by Gasteiger charge is 2.27. The van der Waals surface area contributed by atoms with Crippen LogP contribution in [0.4, 0.5) is 5.69 Å². The minimum Gasteiger partial charge on any atom is -0.310 e. The quantitative estimate of drug-likeness (QED) is 0.490. The van der Waals surface area contributed by atoms with Crippen molar-refractivity contribution in [3.8, 4) is 5.69 Å². The van der Waals surface area contributed by atoms with Gasteiger partial charge in [-0.1, -0.05) is 23.7 Å². The summed E-state index contributed by atoms with van der Waals surface area (Å²) in [5.41, 5.74) is 1.43. The Morgan fingerprint density at radius 2 is 1.89 bits per heavy atom. The molecule has 0 N–H and O–H groups in total. The maximum absolute atomic E-state index is 11.1. The number of rotatable bonds is 3. The predicted molar refractivity (Wildman–Crippen MR) is 72.3 cm³/mol. The largest absolute Gasteiger partial charge is 0.310 e. The molecule has 0 aliphatic rings. The summed E-state index contributed by atoms with van der Waals surface area (Å²) >= 11 is 6.11. The first kappa shape index (κ1) is 13.3. The molecule has 1 aromatic heterocycles. The van der Waals surface area contributed by atoms with Crippen molar-refractivity contribution in [3.63, 3.8) is 0 Å². The molecule has 1 aromatic carbocycles. The summed E-state index contributed by atoms with van der Waals surface area (Å²) in [5.74, 6) is 0. The lowest BCUT2D eigenvalue weighted by molar-refractivity contribution is -0.385. The van der Waals surface area contributed by atoms with Crippen molar-refractivity contribution in [1.29, 1.82) is 0 Å². The van der Waals surface area contributed by atoms with Crippen molar-refractivity contribution in [3.05, 3.63) is 56.4 Å². The maximum atomic E-state index is 11.1. The minimum absolute atomic E-state index is 0.0856. The van der Waals surface area contributed by atoms with E-state index in [-0.39, 0.29) is 11.3 Å². The number of nitro groups is 1. The Morgan fingerprint density at radius 1 is 1.26 bits per heavy atom. The Morgan fingerprint density at radius 3 is 2.37 bits per heavy atom. The standard InChI is InChI=1S/C13H11ClN2O3/c1-8-10(7-17)13(16(18)19)9(2)15(8)12-6-4-3-5-11(12)14/h3-7H,1-2H3. The first-order valence-corrected chi connectivity index (χ1v) is 5.93. The van der Waals surface area contributed by atoms with Crippen molar-refractivity contribution < 1.29 is 9.72 Å². The number of hydrogen-bond acceptors (Lipinski definition) is 3. The average molecular weight is 279 g/mol. The molecule has 19 heavy (non-hydrogen) atoms. The number of carbonyl (C=O) groups is 1. The van der Waals surface area contributed by atoms with Crippen molar-refractivity contribution >= 4 is 23.6 Å². The van der Waals surface area contributed by atoms with Gasteiger partial charge in [-0.25, -0.2) is 0 Å². The van der Waals surface area contributed by atoms with Gasteiger partial charge in [0.2, 0.25) is 0 Å². The van der Waals surface area contributed by atoms with Crippen LogP contribution in [0, 0.1) is 24.0 Å². The summed E-state index contributed by atoms with van der Waals surface area (Å²) in [4.78, 5) is 21.6. The van der Waals surface area contributed by atoms with Gasteiger partial charge in [-0.2, -0.15) is 0 Å². The number of aldehydes is 1.